The second kappa shape index (κ2) is 6.88. The Kier molecular flexibility index (Phi) is 6.09. The van der Waals surface area contributed by atoms with E-state index in [0.29, 0.717) is 17.5 Å². The summed E-state index contributed by atoms with van der Waals surface area (Å²) in [6, 6.07) is 1.01. The van der Waals surface area contributed by atoms with Crippen molar-refractivity contribution in [3.05, 3.63) is 0 Å². The van der Waals surface area contributed by atoms with Crippen molar-refractivity contribution >= 4 is 0 Å². The van der Waals surface area contributed by atoms with Gasteiger partial charge >= 0.3 is 0 Å². The third kappa shape index (κ3) is 6.17. The Bertz CT molecular complexity index is 234. The molecule has 0 aromatic carbocycles. The van der Waals surface area contributed by atoms with Crippen LogP contribution in [-0.4, -0.2) is 55.1 Å². The zero-order valence-corrected chi connectivity index (χ0v) is 13.1. The first-order valence-corrected chi connectivity index (χ1v) is 7.46. The Morgan fingerprint density at radius 2 is 1.94 bits per heavy atom. The lowest BCUT2D eigenvalue weighted by Crippen LogP contribution is -2.40. The highest BCUT2D eigenvalue weighted by Crippen LogP contribution is 2.21. The first-order valence-electron chi connectivity index (χ1n) is 7.46. The summed E-state index contributed by atoms with van der Waals surface area (Å²) < 4.78 is 0. The third-order valence-corrected chi connectivity index (χ3v) is 3.85. The van der Waals surface area contributed by atoms with Crippen molar-refractivity contribution in [3.63, 3.8) is 0 Å². The zero-order chi connectivity index (χ0) is 13.8. The minimum absolute atomic E-state index is 0.346. The van der Waals surface area contributed by atoms with Gasteiger partial charge in [0.05, 0.1) is 0 Å². The van der Waals surface area contributed by atoms with Crippen LogP contribution in [0.2, 0.25) is 0 Å². The van der Waals surface area contributed by atoms with Gasteiger partial charge in [-0.05, 0) is 58.3 Å². The van der Waals surface area contributed by atoms with Crippen LogP contribution in [-0.2, 0) is 0 Å². The maximum atomic E-state index is 6.25. The Morgan fingerprint density at radius 3 is 2.56 bits per heavy atom. The molecule has 0 amide bonds. The molecule has 0 radical (unpaired) electrons. The lowest BCUT2D eigenvalue weighted by Gasteiger charge is -2.30. The molecule has 1 heterocycles. The molecule has 0 aromatic heterocycles. The van der Waals surface area contributed by atoms with Crippen molar-refractivity contribution in [1.29, 1.82) is 0 Å². The quantitative estimate of drug-likeness (QED) is 0.835. The summed E-state index contributed by atoms with van der Waals surface area (Å²) in [5.74, 6) is 0. The van der Waals surface area contributed by atoms with Crippen LogP contribution in [0.4, 0.5) is 0 Å². The van der Waals surface area contributed by atoms with Gasteiger partial charge in [-0.3, -0.25) is 4.90 Å². The van der Waals surface area contributed by atoms with Gasteiger partial charge < -0.3 is 10.6 Å². The molecule has 1 aliphatic heterocycles. The SMILES string of the molecule is CC1CN(C)CCCN1CCC(N)CC(C)(C)C. The van der Waals surface area contributed by atoms with Crippen molar-refractivity contribution in [2.24, 2.45) is 11.1 Å². The first kappa shape index (κ1) is 15.9. The van der Waals surface area contributed by atoms with E-state index in [1.807, 2.05) is 0 Å². The molecule has 2 atom stereocenters. The van der Waals surface area contributed by atoms with Crippen molar-refractivity contribution in [3.8, 4) is 0 Å². The minimum atomic E-state index is 0.346. The number of hydrogen-bond acceptors (Lipinski definition) is 3. The van der Waals surface area contributed by atoms with Gasteiger partial charge in [-0.2, -0.15) is 0 Å². The molecular formula is C15H33N3. The number of hydrogen-bond donors (Lipinski definition) is 1. The fraction of sp³-hybridized carbons (Fsp3) is 1.00. The van der Waals surface area contributed by atoms with Crippen molar-refractivity contribution in [2.75, 3.05) is 33.2 Å². The van der Waals surface area contributed by atoms with Gasteiger partial charge in [-0.25, -0.2) is 0 Å². The fourth-order valence-electron chi connectivity index (χ4n) is 2.97. The average molecular weight is 255 g/mol. The molecule has 0 saturated carbocycles. The monoisotopic (exact) mass is 255 g/mol. The van der Waals surface area contributed by atoms with Crippen LogP contribution in [0, 0.1) is 5.41 Å². The van der Waals surface area contributed by atoms with E-state index < -0.39 is 0 Å². The Hall–Kier alpha value is -0.120. The van der Waals surface area contributed by atoms with Crippen LogP contribution >= 0.6 is 0 Å². The van der Waals surface area contributed by atoms with Crippen LogP contribution in [0.3, 0.4) is 0 Å². The molecule has 0 spiro atoms. The molecule has 18 heavy (non-hydrogen) atoms. The average Bonchev–Trinajstić information content (AvgIpc) is 2.34. The number of rotatable bonds is 4. The smallest absolute Gasteiger partial charge is 0.0194 e. The second-order valence-electron chi connectivity index (χ2n) is 7.31. The zero-order valence-electron chi connectivity index (χ0n) is 13.1. The minimum Gasteiger partial charge on any atom is -0.328 e. The summed E-state index contributed by atoms with van der Waals surface area (Å²) >= 11 is 0. The summed E-state index contributed by atoms with van der Waals surface area (Å²) in [4.78, 5) is 5.06. The molecule has 0 aliphatic carbocycles. The molecular weight excluding hydrogens is 222 g/mol. The van der Waals surface area contributed by atoms with E-state index in [2.05, 4.69) is 44.5 Å². The summed E-state index contributed by atoms with van der Waals surface area (Å²) in [6.45, 7) is 14.0. The highest BCUT2D eigenvalue weighted by atomic mass is 15.2. The Labute approximate surface area is 114 Å². The topological polar surface area (TPSA) is 32.5 Å². The lowest BCUT2D eigenvalue weighted by atomic mass is 9.87. The molecule has 3 nitrogen and oxygen atoms in total. The maximum Gasteiger partial charge on any atom is 0.0194 e. The van der Waals surface area contributed by atoms with Gasteiger partial charge in [0.2, 0.25) is 0 Å². The van der Waals surface area contributed by atoms with E-state index in [-0.39, 0.29) is 0 Å². The molecule has 2 unspecified atom stereocenters. The van der Waals surface area contributed by atoms with E-state index >= 15 is 0 Å². The highest BCUT2D eigenvalue weighted by Gasteiger charge is 2.21. The normalized spacial score (nSPS) is 26.0. The van der Waals surface area contributed by atoms with Gasteiger partial charge in [-0.1, -0.05) is 20.8 Å². The van der Waals surface area contributed by atoms with E-state index in [1.165, 1.54) is 26.1 Å². The molecule has 3 heteroatoms. The van der Waals surface area contributed by atoms with E-state index in [0.717, 1.165) is 19.4 Å². The van der Waals surface area contributed by atoms with E-state index in [1.54, 1.807) is 0 Å². The number of likely N-dealkylation sites (N-methyl/N-ethyl adjacent to an activating group) is 1. The summed E-state index contributed by atoms with van der Waals surface area (Å²) in [6.07, 6.45) is 3.54. The molecule has 1 aliphatic rings. The molecule has 1 rings (SSSR count). The van der Waals surface area contributed by atoms with Crippen LogP contribution in [0.1, 0.15) is 47.0 Å². The van der Waals surface area contributed by atoms with Gasteiger partial charge in [0, 0.05) is 18.6 Å². The summed E-state index contributed by atoms with van der Waals surface area (Å²) in [5, 5.41) is 0. The number of nitrogens with two attached hydrogens (primary N) is 1. The van der Waals surface area contributed by atoms with Gasteiger partial charge in [0.25, 0.3) is 0 Å². The number of nitrogens with zero attached hydrogens (tertiary/aromatic N) is 2. The summed E-state index contributed by atoms with van der Waals surface area (Å²) in [5.41, 5.74) is 6.60. The Morgan fingerprint density at radius 1 is 1.28 bits per heavy atom. The summed E-state index contributed by atoms with van der Waals surface area (Å²) in [7, 11) is 2.23. The van der Waals surface area contributed by atoms with Gasteiger partial charge in [0.1, 0.15) is 0 Å². The molecule has 0 bridgehead atoms. The predicted molar refractivity (Wildman–Crippen MR) is 79.8 cm³/mol. The Balaban J connectivity index is 2.33. The maximum absolute atomic E-state index is 6.25. The molecule has 0 aromatic rings. The van der Waals surface area contributed by atoms with Crippen molar-refractivity contribution in [1.82, 2.24) is 9.80 Å². The van der Waals surface area contributed by atoms with Crippen LogP contribution < -0.4 is 5.73 Å². The fourth-order valence-corrected chi connectivity index (χ4v) is 2.97. The lowest BCUT2D eigenvalue weighted by molar-refractivity contribution is 0.190. The first-order chi connectivity index (χ1) is 8.28. The van der Waals surface area contributed by atoms with Crippen LogP contribution in [0.5, 0.6) is 0 Å². The van der Waals surface area contributed by atoms with Crippen LogP contribution in [0.25, 0.3) is 0 Å². The molecule has 108 valence electrons. The van der Waals surface area contributed by atoms with Crippen molar-refractivity contribution < 1.29 is 0 Å². The standard InChI is InChI=1S/C15H33N3/c1-13-12-17(5)8-6-9-18(13)10-7-14(16)11-15(2,3)4/h13-14H,6-12,16H2,1-5H3. The highest BCUT2D eigenvalue weighted by molar-refractivity contribution is 4.78. The second-order valence-corrected chi connectivity index (χ2v) is 7.31. The van der Waals surface area contributed by atoms with Gasteiger partial charge in [-0.15, -0.1) is 0 Å². The van der Waals surface area contributed by atoms with E-state index in [4.69, 9.17) is 5.73 Å². The van der Waals surface area contributed by atoms with Crippen molar-refractivity contribution in [2.45, 2.75) is 59.0 Å². The van der Waals surface area contributed by atoms with E-state index in [9.17, 15) is 0 Å². The molecule has 1 fully saturated rings. The van der Waals surface area contributed by atoms with Gasteiger partial charge in [0.15, 0.2) is 0 Å². The molecule has 2 N–H and O–H groups in total. The van der Waals surface area contributed by atoms with Crippen LogP contribution in [0.15, 0.2) is 0 Å². The largest absolute Gasteiger partial charge is 0.328 e. The predicted octanol–water partition coefficient (Wildman–Crippen LogP) is 2.17. The third-order valence-electron chi connectivity index (χ3n) is 3.85. The molecule has 1 saturated heterocycles.